The van der Waals surface area contributed by atoms with Crippen LogP contribution in [0.25, 0.3) is 0 Å². The second-order valence-corrected chi connectivity index (χ2v) is 7.64. The fraction of sp³-hybridized carbons (Fsp3) is 0.579. The molecule has 2 aliphatic heterocycles. The van der Waals surface area contributed by atoms with E-state index >= 15 is 0 Å². The van der Waals surface area contributed by atoms with E-state index in [9.17, 15) is 19.8 Å². The van der Waals surface area contributed by atoms with E-state index in [4.69, 9.17) is 14.2 Å². The van der Waals surface area contributed by atoms with E-state index in [2.05, 4.69) is 6.58 Å². The van der Waals surface area contributed by atoms with Gasteiger partial charge in [-0.05, 0) is 39.7 Å². The fourth-order valence-electron chi connectivity index (χ4n) is 3.50. The van der Waals surface area contributed by atoms with Gasteiger partial charge in [0, 0.05) is 17.6 Å². The van der Waals surface area contributed by atoms with Gasteiger partial charge in [-0.2, -0.15) is 0 Å². The third-order valence-corrected chi connectivity index (χ3v) is 5.10. The minimum Gasteiger partial charge on any atom is -0.454 e. The Morgan fingerprint density at radius 2 is 2.15 bits per heavy atom. The minimum absolute atomic E-state index is 0.0212. The number of ether oxygens (including phenoxy) is 3. The highest BCUT2D eigenvalue weighted by Gasteiger charge is 2.55. The largest absolute Gasteiger partial charge is 0.454 e. The van der Waals surface area contributed by atoms with E-state index in [0.29, 0.717) is 19.3 Å². The summed E-state index contributed by atoms with van der Waals surface area (Å²) >= 11 is 0. The van der Waals surface area contributed by atoms with Crippen LogP contribution in [0, 0.1) is 0 Å². The van der Waals surface area contributed by atoms with Gasteiger partial charge in [0.1, 0.15) is 11.9 Å². The molecule has 0 amide bonds. The summed E-state index contributed by atoms with van der Waals surface area (Å²) in [6, 6.07) is 0. The summed E-state index contributed by atoms with van der Waals surface area (Å²) < 4.78 is 16.6. The summed E-state index contributed by atoms with van der Waals surface area (Å²) in [5, 5.41) is 20.3. The van der Waals surface area contributed by atoms with Crippen LogP contribution in [0.2, 0.25) is 0 Å². The van der Waals surface area contributed by atoms with Gasteiger partial charge in [-0.3, -0.25) is 0 Å². The number of rotatable bonds is 3. The van der Waals surface area contributed by atoms with Crippen molar-refractivity contribution in [2.75, 3.05) is 6.61 Å². The lowest BCUT2D eigenvalue weighted by atomic mass is 9.86. The molecule has 2 heterocycles. The molecule has 0 bridgehead atoms. The Bertz CT molecular complexity index is 730. The van der Waals surface area contributed by atoms with E-state index in [-0.39, 0.29) is 28.6 Å². The Kier molecular flexibility index (Phi) is 4.58. The maximum absolute atomic E-state index is 12.2. The van der Waals surface area contributed by atoms with Crippen molar-refractivity contribution < 1.29 is 34.0 Å². The predicted molar refractivity (Wildman–Crippen MR) is 90.7 cm³/mol. The van der Waals surface area contributed by atoms with Crippen LogP contribution in [0.4, 0.5) is 0 Å². The molecule has 1 fully saturated rings. The summed E-state index contributed by atoms with van der Waals surface area (Å²) in [5.74, 6) is -1.20. The average molecular weight is 364 g/mol. The first-order chi connectivity index (χ1) is 12.1. The van der Waals surface area contributed by atoms with Gasteiger partial charge in [0.25, 0.3) is 0 Å². The molecule has 142 valence electrons. The number of epoxide rings is 1. The van der Waals surface area contributed by atoms with Gasteiger partial charge in [0.2, 0.25) is 0 Å². The molecule has 0 aromatic heterocycles. The molecule has 3 rings (SSSR count). The molecule has 0 radical (unpaired) electrons. The minimum atomic E-state index is -1.24. The van der Waals surface area contributed by atoms with Crippen LogP contribution >= 0.6 is 0 Å². The van der Waals surface area contributed by atoms with Crippen molar-refractivity contribution in [2.45, 2.75) is 63.4 Å². The molecule has 0 aromatic carbocycles. The molecule has 4 atom stereocenters. The normalized spacial score (nSPS) is 38.5. The zero-order valence-corrected chi connectivity index (χ0v) is 15.2. The van der Waals surface area contributed by atoms with Crippen molar-refractivity contribution in [2.24, 2.45) is 0 Å². The van der Waals surface area contributed by atoms with Crippen molar-refractivity contribution in [3.8, 4) is 0 Å². The predicted octanol–water partition coefficient (Wildman–Crippen LogP) is 1.30. The third-order valence-electron chi connectivity index (χ3n) is 5.10. The van der Waals surface area contributed by atoms with Crippen LogP contribution in [-0.2, 0) is 23.8 Å². The summed E-state index contributed by atoms with van der Waals surface area (Å²) in [6.45, 7) is 8.06. The zero-order chi connectivity index (χ0) is 19.3. The molecule has 7 heteroatoms. The molecule has 2 N–H and O–H groups in total. The van der Waals surface area contributed by atoms with Gasteiger partial charge < -0.3 is 24.4 Å². The smallest absolute Gasteiger partial charge is 0.342 e. The highest BCUT2D eigenvalue weighted by atomic mass is 16.6. The summed E-state index contributed by atoms with van der Waals surface area (Å²) in [5.41, 5.74) is -1.26. The number of hydrogen-bond donors (Lipinski definition) is 2. The first-order valence-electron chi connectivity index (χ1n) is 8.62. The van der Waals surface area contributed by atoms with Gasteiger partial charge in [0.15, 0.2) is 0 Å². The van der Waals surface area contributed by atoms with Crippen LogP contribution in [0.5, 0.6) is 0 Å². The Morgan fingerprint density at radius 3 is 2.77 bits per heavy atom. The molecule has 1 aliphatic carbocycles. The van der Waals surface area contributed by atoms with E-state index in [1.165, 1.54) is 13.0 Å². The maximum atomic E-state index is 12.2. The maximum Gasteiger partial charge on any atom is 0.342 e. The Balaban J connectivity index is 2.09. The van der Waals surface area contributed by atoms with Crippen molar-refractivity contribution >= 4 is 11.9 Å². The number of fused-ring (bicyclic) bond motifs is 2. The summed E-state index contributed by atoms with van der Waals surface area (Å²) in [4.78, 5) is 24.3. The SMILES string of the molecule is C=C(C)C(=O)OC1C[C@@]2(C)O[C@H]2CC[C@](C)(O)/C=C2/OC(=O)C(CO)=C21. The van der Waals surface area contributed by atoms with Gasteiger partial charge in [0.05, 0.1) is 29.5 Å². The molecule has 0 aromatic rings. The highest BCUT2D eigenvalue weighted by Crippen LogP contribution is 2.48. The zero-order valence-electron chi connectivity index (χ0n) is 15.2. The Labute approximate surface area is 151 Å². The summed E-state index contributed by atoms with van der Waals surface area (Å²) in [7, 11) is 0. The molecule has 3 aliphatic rings. The van der Waals surface area contributed by atoms with Crippen LogP contribution in [-0.4, -0.2) is 52.2 Å². The third kappa shape index (κ3) is 3.47. The van der Waals surface area contributed by atoms with Crippen LogP contribution in [0.1, 0.15) is 40.0 Å². The molecular weight excluding hydrogens is 340 g/mol. The number of esters is 2. The quantitative estimate of drug-likeness (QED) is 0.442. The lowest BCUT2D eigenvalue weighted by Gasteiger charge is -2.26. The van der Waals surface area contributed by atoms with E-state index < -0.39 is 35.9 Å². The number of carbonyl (C=O) groups is 2. The lowest BCUT2D eigenvalue weighted by Crippen LogP contribution is -2.31. The van der Waals surface area contributed by atoms with Crippen molar-refractivity contribution in [3.05, 3.63) is 35.1 Å². The molecule has 0 saturated carbocycles. The van der Waals surface area contributed by atoms with Crippen LogP contribution in [0.3, 0.4) is 0 Å². The Hall–Kier alpha value is -1.96. The second kappa shape index (κ2) is 6.33. The standard InChI is InChI=1S/C19H24O7/c1-10(2)16(21)24-13-8-19(4)14(26-19)5-6-18(3,23)7-12-15(13)11(9-20)17(22)25-12/h7,13-14,20,23H,1,5-6,8-9H2,2-4H3/b12-7+/t13?,14-,18-,19+/m0/s1. The summed E-state index contributed by atoms with van der Waals surface area (Å²) in [6.07, 6.45) is 1.86. The number of hydrogen-bond acceptors (Lipinski definition) is 7. The molecule has 1 unspecified atom stereocenters. The lowest BCUT2D eigenvalue weighted by molar-refractivity contribution is -0.143. The number of aliphatic hydroxyl groups is 2. The molecule has 1 saturated heterocycles. The average Bonchev–Trinajstić information content (AvgIpc) is 3.06. The first kappa shape index (κ1) is 18.8. The number of carbonyl (C=O) groups excluding carboxylic acids is 2. The van der Waals surface area contributed by atoms with Crippen LogP contribution in [0.15, 0.2) is 35.1 Å². The van der Waals surface area contributed by atoms with Crippen LogP contribution < -0.4 is 0 Å². The first-order valence-corrected chi connectivity index (χ1v) is 8.62. The highest BCUT2D eigenvalue weighted by molar-refractivity contribution is 5.95. The molecule has 0 spiro atoms. The van der Waals surface area contributed by atoms with Crippen molar-refractivity contribution in [3.63, 3.8) is 0 Å². The van der Waals surface area contributed by atoms with E-state index in [1.54, 1.807) is 6.92 Å². The van der Waals surface area contributed by atoms with Gasteiger partial charge >= 0.3 is 11.9 Å². The van der Waals surface area contributed by atoms with Gasteiger partial charge in [-0.1, -0.05) is 6.58 Å². The van der Waals surface area contributed by atoms with Crippen molar-refractivity contribution in [1.82, 2.24) is 0 Å². The Morgan fingerprint density at radius 1 is 1.46 bits per heavy atom. The molecule has 26 heavy (non-hydrogen) atoms. The van der Waals surface area contributed by atoms with Gasteiger partial charge in [-0.25, -0.2) is 9.59 Å². The number of aliphatic hydroxyl groups excluding tert-OH is 1. The second-order valence-electron chi connectivity index (χ2n) is 7.64. The fourth-order valence-corrected chi connectivity index (χ4v) is 3.50. The van der Waals surface area contributed by atoms with E-state index in [1.807, 2.05) is 6.92 Å². The van der Waals surface area contributed by atoms with Crippen molar-refractivity contribution in [1.29, 1.82) is 0 Å². The monoisotopic (exact) mass is 364 g/mol. The molecule has 7 nitrogen and oxygen atoms in total. The molecular formula is C19H24O7. The topological polar surface area (TPSA) is 106 Å². The van der Waals surface area contributed by atoms with E-state index in [0.717, 1.165) is 0 Å². The van der Waals surface area contributed by atoms with Gasteiger partial charge in [-0.15, -0.1) is 0 Å².